The van der Waals surface area contributed by atoms with Gasteiger partial charge in [-0.15, -0.1) is 0 Å². The van der Waals surface area contributed by atoms with Gasteiger partial charge in [0, 0.05) is 39.9 Å². The maximum atomic E-state index is 11.3. The van der Waals surface area contributed by atoms with Crippen molar-refractivity contribution >= 4 is 23.0 Å². The Morgan fingerprint density at radius 1 is 1.33 bits per heavy atom. The van der Waals surface area contributed by atoms with Crippen LogP contribution in [-0.4, -0.2) is 33.2 Å². The first kappa shape index (κ1) is 24.5. The zero-order chi connectivity index (χ0) is 19.1. The SMILES string of the molecule is CC.CCC(C)CNc1ccc(N(C)C(C)=O)cc1N.CCOC. The summed E-state index contributed by atoms with van der Waals surface area (Å²) in [5.74, 6) is 0.610. The first-order valence-corrected chi connectivity index (χ1v) is 8.73. The van der Waals surface area contributed by atoms with E-state index in [1.165, 1.54) is 6.92 Å². The monoisotopic (exact) mass is 339 g/mol. The summed E-state index contributed by atoms with van der Waals surface area (Å²) in [5.41, 5.74) is 8.40. The van der Waals surface area contributed by atoms with E-state index in [0.717, 1.165) is 30.9 Å². The average Bonchev–Trinajstić information content (AvgIpc) is 2.61. The first-order valence-electron chi connectivity index (χ1n) is 8.73. The second-order valence-corrected chi connectivity index (χ2v) is 5.32. The van der Waals surface area contributed by atoms with Crippen molar-refractivity contribution in [3.05, 3.63) is 18.2 Å². The van der Waals surface area contributed by atoms with Gasteiger partial charge in [0.2, 0.25) is 5.91 Å². The molecular formula is C19H37N3O2. The molecule has 0 saturated heterocycles. The van der Waals surface area contributed by atoms with E-state index in [0.29, 0.717) is 11.6 Å². The standard InChI is InChI=1S/C14H23N3O.C3H8O.C2H6/c1-5-10(2)9-16-14-7-6-12(8-13(14)15)17(4)11(3)18;1-3-4-2;1-2/h6-8,10,16H,5,9,15H2,1-4H3;3H2,1-2H3;1-2H3. The number of amides is 1. The Labute approximate surface area is 148 Å². The third-order valence-electron chi connectivity index (χ3n) is 3.52. The Hall–Kier alpha value is -1.75. The molecule has 140 valence electrons. The van der Waals surface area contributed by atoms with Crippen LogP contribution in [0.3, 0.4) is 0 Å². The largest absolute Gasteiger partial charge is 0.397 e. The third-order valence-corrected chi connectivity index (χ3v) is 3.52. The van der Waals surface area contributed by atoms with Crippen LogP contribution in [0.5, 0.6) is 0 Å². The number of anilines is 3. The van der Waals surface area contributed by atoms with Gasteiger partial charge in [-0.05, 0) is 31.0 Å². The lowest BCUT2D eigenvalue weighted by atomic mass is 10.1. The van der Waals surface area contributed by atoms with Crippen molar-refractivity contribution in [1.82, 2.24) is 0 Å². The molecule has 0 bridgehead atoms. The first-order chi connectivity index (χ1) is 11.4. The number of carbonyl (C=O) groups is 1. The molecule has 0 aliphatic rings. The van der Waals surface area contributed by atoms with Crippen molar-refractivity contribution in [2.24, 2.45) is 5.92 Å². The molecule has 1 amide bonds. The summed E-state index contributed by atoms with van der Waals surface area (Å²) in [6.45, 7) is 13.6. The van der Waals surface area contributed by atoms with Gasteiger partial charge in [-0.2, -0.15) is 0 Å². The minimum atomic E-state index is -0.00489. The lowest BCUT2D eigenvalue weighted by Gasteiger charge is -2.18. The molecule has 1 rings (SSSR count). The van der Waals surface area contributed by atoms with Gasteiger partial charge in [0.1, 0.15) is 0 Å². The fraction of sp³-hybridized carbons (Fsp3) is 0.632. The minimum absolute atomic E-state index is 0.00489. The van der Waals surface area contributed by atoms with Crippen LogP contribution in [0.1, 0.15) is 48.0 Å². The van der Waals surface area contributed by atoms with Crippen LogP contribution in [0.4, 0.5) is 17.1 Å². The molecule has 5 nitrogen and oxygen atoms in total. The molecule has 1 aromatic carbocycles. The number of nitrogens with zero attached hydrogens (tertiary/aromatic N) is 1. The molecule has 1 atom stereocenters. The van der Waals surface area contributed by atoms with Crippen LogP contribution in [0.25, 0.3) is 0 Å². The Kier molecular flexibility index (Phi) is 15.1. The van der Waals surface area contributed by atoms with Gasteiger partial charge in [-0.1, -0.05) is 34.1 Å². The number of nitrogen functional groups attached to an aromatic ring is 1. The zero-order valence-electron chi connectivity index (χ0n) is 16.8. The molecule has 1 aromatic rings. The Bertz CT molecular complexity index is 448. The number of nitrogens with two attached hydrogens (primary N) is 1. The predicted octanol–water partition coefficient (Wildman–Crippen LogP) is 4.39. The van der Waals surface area contributed by atoms with Gasteiger partial charge in [-0.3, -0.25) is 4.79 Å². The molecule has 0 spiro atoms. The molecule has 1 unspecified atom stereocenters. The second-order valence-electron chi connectivity index (χ2n) is 5.32. The molecule has 0 aliphatic heterocycles. The number of hydrogen-bond acceptors (Lipinski definition) is 4. The van der Waals surface area contributed by atoms with Crippen molar-refractivity contribution < 1.29 is 9.53 Å². The van der Waals surface area contributed by atoms with Crippen molar-refractivity contribution in [3.8, 4) is 0 Å². The van der Waals surface area contributed by atoms with Crippen LogP contribution in [-0.2, 0) is 9.53 Å². The summed E-state index contributed by atoms with van der Waals surface area (Å²) < 4.78 is 4.54. The van der Waals surface area contributed by atoms with Crippen LogP contribution in [0, 0.1) is 5.92 Å². The maximum Gasteiger partial charge on any atom is 0.223 e. The van der Waals surface area contributed by atoms with Crippen LogP contribution in [0.15, 0.2) is 18.2 Å². The van der Waals surface area contributed by atoms with E-state index in [9.17, 15) is 4.79 Å². The summed E-state index contributed by atoms with van der Waals surface area (Å²) in [6.07, 6.45) is 1.14. The number of benzene rings is 1. The van der Waals surface area contributed by atoms with Crippen molar-refractivity contribution in [2.45, 2.75) is 48.0 Å². The van der Waals surface area contributed by atoms with E-state index in [4.69, 9.17) is 5.73 Å². The summed E-state index contributed by atoms with van der Waals surface area (Å²) in [6, 6.07) is 5.64. The number of methoxy groups -OCH3 is 1. The molecule has 0 heterocycles. The normalized spacial score (nSPS) is 10.5. The van der Waals surface area contributed by atoms with Crippen molar-refractivity contribution in [3.63, 3.8) is 0 Å². The lowest BCUT2D eigenvalue weighted by molar-refractivity contribution is -0.116. The third kappa shape index (κ3) is 10.1. The zero-order valence-corrected chi connectivity index (χ0v) is 16.8. The second kappa shape index (κ2) is 14.8. The summed E-state index contributed by atoms with van der Waals surface area (Å²) in [5, 5.41) is 3.33. The van der Waals surface area contributed by atoms with Gasteiger partial charge in [0.15, 0.2) is 0 Å². The van der Waals surface area contributed by atoms with Crippen LogP contribution >= 0.6 is 0 Å². The summed E-state index contributed by atoms with van der Waals surface area (Å²) in [4.78, 5) is 12.8. The van der Waals surface area contributed by atoms with Gasteiger partial charge in [-0.25, -0.2) is 0 Å². The van der Waals surface area contributed by atoms with E-state index < -0.39 is 0 Å². The molecule has 0 saturated carbocycles. The minimum Gasteiger partial charge on any atom is -0.397 e. The molecule has 24 heavy (non-hydrogen) atoms. The van der Waals surface area contributed by atoms with E-state index >= 15 is 0 Å². The topological polar surface area (TPSA) is 67.6 Å². The fourth-order valence-corrected chi connectivity index (χ4v) is 1.53. The van der Waals surface area contributed by atoms with Gasteiger partial charge >= 0.3 is 0 Å². The Morgan fingerprint density at radius 2 is 1.88 bits per heavy atom. The summed E-state index contributed by atoms with van der Waals surface area (Å²) in [7, 11) is 3.42. The summed E-state index contributed by atoms with van der Waals surface area (Å²) >= 11 is 0. The Morgan fingerprint density at radius 3 is 2.25 bits per heavy atom. The van der Waals surface area contributed by atoms with E-state index in [2.05, 4.69) is 23.9 Å². The van der Waals surface area contributed by atoms with Gasteiger partial charge in [0.05, 0.1) is 11.4 Å². The van der Waals surface area contributed by atoms with Crippen LogP contribution < -0.4 is 16.0 Å². The number of hydrogen-bond donors (Lipinski definition) is 2. The molecule has 0 aliphatic carbocycles. The molecular weight excluding hydrogens is 302 g/mol. The van der Waals surface area contributed by atoms with E-state index in [1.54, 1.807) is 19.1 Å². The average molecular weight is 340 g/mol. The van der Waals surface area contributed by atoms with Gasteiger partial charge < -0.3 is 20.7 Å². The van der Waals surface area contributed by atoms with E-state index in [-0.39, 0.29) is 5.91 Å². The smallest absolute Gasteiger partial charge is 0.223 e. The number of carbonyl (C=O) groups excluding carboxylic acids is 1. The van der Waals surface area contributed by atoms with E-state index in [1.807, 2.05) is 39.0 Å². The Balaban J connectivity index is 0. The highest BCUT2D eigenvalue weighted by Crippen LogP contribution is 2.25. The highest BCUT2D eigenvalue weighted by atomic mass is 16.5. The molecule has 0 radical (unpaired) electrons. The van der Waals surface area contributed by atoms with Crippen molar-refractivity contribution in [1.29, 1.82) is 0 Å². The number of nitrogens with one attached hydrogen (secondary N) is 1. The molecule has 3 N–H and O–H groups in total. The molecule has 0 fully saturated rings. The highest BCUT2D eigenvalue weighted by molar-refractivity contribution is 5.92. The fourth-order valence-electron chi connectivity index (χ4n) is 1.53. The number of ether oxygens (including phenoxy) is 1. The lowest BCUT2D eigenvalue weighted by Crippen LogP contribution is -2.23. The van der Waals surface area contributed by atoms with Crippen LogP contribution in [0.2, 0.25) is 0 Å². The predicted molar refractivity (Wildman–Crippen MR) is 107 cm³/mol. The van der Waals surface area contributed by atoms with Crippen molar-refractivity contribution in [2.75, 3.05) is 43.3 Å². The molecule has 0 aromatic heterocycles. The maximum absolute atomic E-state index is 11.3. The number of rotatable bonds is 6. The quantitative estimate of drug-likeness (QED) is 0.754. The highest BCUT2D eigenvalue weighted by Gasteiger charge is 2.08. The molecule has 5 heteroatoms. The van der Waals surface area contributed by atoms with Gasteiger partial charge in [0.25, 0.3) is 0 Å².